The number of aliphatic hydroxyl groups excluding tert-OH is 2. The lowest BCUT2D eigenvalue weighted by Gasteiger charge is -2.60. The Hall–Kier alpha value is -5.81. The topological polar surface area (TPSA) is 110 Å². The molecule has 0 spiro atoms. The van der Waals surface area contributed by atoms with Gasteiger partial charge in [-0.3, -0.25) is 4.79 Å². The molecule has 1 aliphatic heterocycles. The van der Waals surface area contributed by atoms with E-state index in [1.807, 2.05) is 71.6 Å². The van der Waals surface area contributed by atoms with Crippen molar-refractivity contribution in [2.45, 2.75) is 88.7 Å². The molecule has 65 heavy (non-hydrogen) atoms. The average molecular weight is 879 g/mol. The van der Waals surface area contributed by atoms with Crippen LogP contribution in [0.2, 0.25) is 0 Å². The minimum atomic E-state index is -1.41. The fourth-order valence-electron chi connectivity index (χ4n) is 10.5. The maximum atomic E-state index is 14.9. The quantitative estimate of drug-likeness (QED) is 0.0455. The highest BCUT2D eigenvalue weighted by Gasteiger charge is 2.66. The lowest BCUT2D eigenvalue weighted by atomic mass is 9.55. The minimum Gasteiger partial charge on any atom is -0.459 e. The van der Waals surface area contributed by atoms with Gasteiger partial charge in [-0.05, 0) is 120 Å². The second kappa shape index (κ2) is 20.1. The van der Waals surface area contributed by atoms with Gasteiger partial charge in [0, 0.05) is 43.6 Å². The second-order valence-electron chi connectivity index (χ2n) is 18.0. The van der Waals surface area contributed by atoms with Crippen molar-refractivity contribution in [1.82, 2.24) is 4.90 Å². The van der Waals surface area contributed by atoms with Crippen LogP contribution >= 0.6 is 0 Å². The van der Waals surface area contributed by atoms with E-state index in [-0.39, 0.29) is 74.8 Å². The Morgan fingerprint density at radius 1 is 0.846 bits per heavy atom. The molecule has 0 radical (unpaired) electrons. The number of benzene rings is 5. The Bertz CT molecular complexity index is 2510. The molecule has 338 valence electrons. The standard InChI is InChI=1S/C55H59FN2O7/c1-2-30-62-55-51(58(54(61)40-20-21-40)35-37-18-23-43(56)24-19-37)34-49(57-63-36-38-12-4-3-5-13-38)47-32-42(16-8-10-28-59)46(17-9-11-29-60)52(53(47)55)48-33-45(26-27-50(48)65-55)64-44-25-22-39-14-6-7-15-41(39)31-44/h2-7,12-15,18-19,22-27,31-33,40,42,46,51-53,59-60H,1,8-11,16-17,20-21,28-30,34-36H2. The molecule has 0 aromatic heterocycles. The van der Waals surface area contributed by atoms with E-state index in [2.05, 4.69) is 36.9 Å². The summed E-state index contributed by atoms with van der Waals surface area (Å²) < 4.78 is 35.7. The molecule has 9 nitrogen and oxygen atoms in total. The molecule has 1 amide bonds. The number of fused-ring (bicyclic) bond motifs is 3. The molecule has 2 N–H and O–H groups in total. The number of halogens is 1. The third-order valence-electron chi connectivity index (χ3n) is 13.7. The van der Waals surface area contributed by atoms with E-state index in [1.165, 1.54) is 12.1 Å². The summed E-state index contributed by atoms with van der Waals surface area (Å²) in [5, 5.41) is 27.2. The molecular formula is C55H59FN2O7. The van der Waals surface area contributed by atoms with Crippen LogP contribution in [0.5, 0.6) is 17.2 Å². The van der Waals surface area contributed by atoms with Crippen molar-refractivity contribution in [2.24, 2.45) is 28.8 Å². The summed E-state index contributed by atoms with van der Waals surface area (Å²) in [6.45, 7) is 4.89. The van der Waals surface area contributed by atoms with Gasteiger partial charge in [0.15, 0.2) is 0 Å². The molecule has 2 fully saturated rings. The van der Waals surface area contributed by atoms with Gasteiger partial charge in [0.2, 0.25) is 11.7 Å². The Morgan fingerprint density at radius 3 is 2.32 bits per heavy atom. The zero-order valence-electron chi connectivity index (χ0n) is 36.9. The number of ether oxygens (including phenoxy) is 3. The van der Waals surface area contributed by atoms with Gasteiger partial charge in [-0.2, -0.15) is 0 Å². The maximum Gasteiger partial charge on any atom is 0.239 e. The number of unbranched alkanes of at least 4 members (excludes halogenated alkanes) is 2. The zero-order chi connectivity index (χ0) is 44.8. The third-order valence-corrected chi connectivity index (χ3v) is 13.7. The van der Waals surface area contributed by atoms with Crippen LogP contribution in [-0.4, -0.2) is 58.4 Å². The van der Waals surface area contributed by atoms with Gasteiger partial charge in [-0.25, -0.2) is 4.39 Å². The maximum absolute atomic E-state index is 14.9. The molecule has 4 aliphatic rings. The Balaban J connectivity index is 1.23. The van der Waals surface area contributed by atoms with E-state index >= 15 is 0 Å². The fraction of sp³-hybridized carbons (Fsp3) is 0.382. The van der Waals surface area contributed by atoms with Crippen LogP contribution in [0.25, 0.3) is 10.8 Å². The van der Waals surface area contributed by atoms with Crippen molar-refractivity contribution in [3.63, 3.8) is 0 Å². The average Bonchev–Trinajstić information content (AvgIpc) is 4.19. The van der Waals surface area contributed by atoms with Crippen LogP contribution in [0, 0.1) is 29.5 Å². The number of hydrogen-bond donors (Lipinski definition) is 2. The SMILES string of the molecule is C=CCOC12Oc3ccc(Oc4ccc5ccccc5c4)cc3C3C(CCCCO)C(CCCCO)C=C(C(=NOCc4ccccc4)CC1N(Cc1ccc(F)cc1)C(=O)C1CC1)C32. The van der Waals surface area contributed by atoms with Crippen molar-refractivity contribution in [3.8, 4) is 17.2 Å². The molecule has 0 bridgehead atoms. The van der Waals surface area contributed by atoms with E-state index < -0.39 is 17.7 Å². The molecule has 10 heteroatoms. The summed E-state index contributed by atoms with van der Waals surface area (Å²) in [5.41, 5.74) is 4.43. The Kier molecular flexibility index (Phi) is 13.8. The van der Waals surface area contributed by atoms with Crippen LogP contribution in [0.15, 0.2) is 145 Å². The first kappa shape index (κ1) is 44.4. The van der Waals surface area contributed by atoms with E-state index in [0.29, 0.717) is 30.1 Å². The summed E-state index contributed by atoms with van der Waals surface area (Å²) >= 11 is 0. The van der Waals surface area contributed by atoms with Crippen molar-refractivity contribution in [2.75, 3.05) is 19.8 Å². The van der Waals surface area contributed by atoms with E-state index in [4.69, 9.17) is 24.2 Å². The first-order valence-corrected chi connectivity index (χ1v) is 23.3. The Labute approximate surface area is 381 Å². The lowest BCUT2D eigenvalue weighted by molar-refractivity contribution is -0.258. The molecule has 5 aromatic rings. The lowest BCUT2D eigenvalue weighted by Crippen LogP contribution is -2.70. The fourth-order valence-corrected chi connectivity index (χ4v) is 10.5. The van der Waals surface area contributed by atoms with Crippen molar-refractivity contribution in [3.05, 3.63) is 162 Å². The molecule has 2 saturated carbocycles. The molecule has 5 aromatic carbocycles. The van der Waals surface area contributed by atoms with Crippen molar-refractivity contribution < 1.29 is 38.4 Å². The first-order chi connectivity index (χ1) is 31.9. The highest BCUT2D eigenvalue weighted by Crippen LogP contribution is 2.62. The summed E-state index contributed by atoms with van der Waals surface area (Å²) in [6, 6.07) is 35.9. The number of oxime groups is 1. The number of aliphatic hydroxyl groups is 2. The molecule has 1 heterocycles. The number of nitrogens with zero attached hydrogens (tertiary/aromatic N) is 2. The van der Waals surface area contributed by atoms with E-state index in [9.17, 15) is 19.4 Å². The number of amides is 1. The number of rotatable bonds is 20. The number of hydrogen-bond acceptors (Lipinski definition) is 8. The first-order valence-electron chi connectivity index (χ1n) is 23.3. The largest absolute Gasteiger partial charge is 0.459 e. The molecule has 6 unspecified atom stereocenters. The summed E-state index contributed by atoms with van der Waals surface area (Å²) in [4.78, 5) is 23.1. The molecule has 9 rings (SSSR count). The van der Waals surface area contributed by atoms with Gasteiger partial charge in [0.05, 0.1) is 18.2 Å². The number of allylic oxidation sites excluding steroid dienone is 1. The predicted molar refractivity (Wildman–Crippen MR) is 250 cm³/mol. The van der Waals surface area contributed by atoms with Gasteiger partial charge in [-0.15, -0.1) is 6.58 Å². The third kappa shape index (κ3) is 9.62. The highest BCUT2D eigenvalue weighted by atomic mass is 19.1. The molecule has 3 aliphatic carbocycles. The monoisotopic (exact) mass is 878 g/mol. The molecular weight excluding hydrogens is 820 g/mol. The van der Waals surface area contributed by atoms with Gasteiger partial charge in [-0.1, -0.05) is 103 Å². The van der Waals surface area contributed by atoms with Crippen LogP contribution < -0.4 is 9.47 Å². The van der Waals surface area contributed by atoms with Crippen LogP contribution in [-0.2, 0) is 27.5 Å². The predicted octanol–water partition coefficient (Wildman–Crippen LogP) is 11.0. The zero-order valence-corrected chi connectivity index (χ0v) is 36.9. The van der Waals surface area contributed by atoms with Gasteiger partial charge >= 0.3 is 0 Å². The van der Waals surface area contributed by atoms with Gasteiger partial charge in [0.1, 0.15) is 35.7 Å². The van der Waals surface area contributed by atoms with Crippen molar-refractivity contribution in [1.29, 1.82) is 0 Å². The van der Waals surface area contributed by atoms with Crippen molar-refractivity contribution >= 4 is 22.4 Å². The number of carbonyl (C=O) groups is 1. The van der Waals surface area contributed by atoms with E-state index in [0.717, 1.165) is 77.3 Å². The minimum absolute atomic E-state index is 0.000140. The summed E-state index contributed by atoms with van der Waals surface area (Å²) in [7, 11) is 0. The Morgan fingerprint density at radius 2 is 1.57 bits per heavy atom. The summed E-state index contributed by atoms with van der Waals surface area (Å²) in [5.74, 6) is -0.439. The highest BCUT2D eigenvalue weighted by molar-refractivity contribution is 6.03. The van der Waals surface area contributed by atoms with Crippen LogP contribution in [0.3, 0.4) is 0 Å². The van der Waals surface area contributed by atoms with Gasteiger partial charge in [0.25, 0.3) is 0 Å². The normalized spacial score (nSPS) is 23.8. The number of carbonyl (C=O) groups excluding carboxylic acids is 1. The molecule has 6 atom stereocenters. The second-order valence-corrected chi connectivity index (χ2v) is 18.0. The molecule has 0 saturated heterocycles. The van der Waals surface area contributed by atoms with E-state index in [1.54, 1.807) is 18.2 Å². The smallest absolute Gasteiger partial charge is 0.239 e. The summed E-state index contributed by atoms with van der Waals surface area (Å²) in [6.07, 6.45) is 10.5. The van der Waals surface area contributed by atoms with Gasteiger partial charge < -0.3 is 34.2 Å². The van der Waals surface area contributed by atoms with Crippen LogP contribution in [0.1, 0.15) is 80.4 Å². The van der Waals surface area contributed by atoms with Crippen LogP contribution in [0.4, 0.5) is 4.39 Å².